The summed E-state index contributed by atoms with van der Waals surface area (Å²) in [5.41, 5.74) is 2.59. The van der Waals surface area contributed by atoms with Crippen molar-refractivity contribution in [3.05, 3.63) is 115 Å². The summed E-state index contributed by atoms with van der Waals surface area (Å²) in [7, 11) is 1.55. The highest BCUT2D eigenvalue weighted by Gasteiger charge is 2.32. The molecule has 1 aliphatic rings. The highest BCUT2D eigenvalue weighted by atomic mass is 35.5. The Balaban J connectivity index is 1.53. The van der Waals surface area contributed by atoms with Crippen LogP contribution in [0.5, 0.6) is 5.75 Å². The molecular weight excluding hydrogens is 551 g/mol. The molecule has 0 bridgehead atoms. The highest BCUT2D eigenvalue weighted by molar-refractivity contribution is 6.42. The second kappa shape index (κ2) is 11.4. The van der Waals surface area contributed by atoms with Gasteiger partial charge in [-0.1, -0.05) is 35.3 Å². The zero-order valence-electron chi connectivity index (χ0n) is 21.6. The first-order valence-electron chi connectivity index (χ1n) is 12.6. The number of rotatable bonds is 7. The maximum absolute atomic E-state index is 13.8. The first-order valence-corrected chi connectivity index (χ1v) is 13.3. The molecule has 0 aliphatic carbocycles. The number of ether oxygens (including phenoxy) is 1. The normalized spacial score (nSPS) is 12.5. The summed E-state index contributed by atoms with van der Waals surface area (Å²) in [6.07, 6.45) is 0.504. The van der Waals surface area contributed by atoms with Crippen LogP contribution in [0.2, 0.25) is 10.0 Å². The van der Waals surface area contributed by atoms with E-state index < -0.39 is 0 Å². The fourth-order valence-electron chi connectivity index (χ4n) is 4.87. The third-order valence-electron chi connectivity index (χ3n) is 6.92. The number of aromatic nitrogens is 2. The maximum Gasteiger partial charge on any atom is 0.333 e. The van der Waals surface area contributed by atoms with Crippen LogP contribution in [-0.2, 0) is 19.5 Å². The number of fused-ring (bicyclic) bond motifs is 1. The Kier molecular flexibility index (Phi) is 7.78. The van der Waals surface area contributed by atoms with Crippen LogP contribution < -0.4 is 10.4 Å². The number of methoxy groups -OCH3 is 1. The predicted molar refractivity (Wildman–Crippen MR) is 152 cm³/mol. The summed E-state index contributed by atoms with van der Waals surface area (Å²) < 4.78 is 8.23. The molecule has 2 heterocycles. The van der Waals surface area contributed by atoms with E-state index in [2.05, 4.69) is 6.07 Å². The first kappa shape index (κ1) is 27.3. The molecule has 40 heavy (non-hydrogen) atoms. The zero-order valence-corrected chi connectivity index (χ0v) is 23.1. The summed E-state index contributed by atoms with van der Waals surface area (Å²) in [6, 6.07) is 20.8. The molecule has 1 aliphatic heterocycles. The Morgan fingerprint density at radius 3 is 2.48 bits per heavy atom. The van der Waals surface area contributed by atoms with Crippen molar-refractivity contribution in [1.82, 2.24) is 14.0 Å². The van der Waals surface area contributed by atoms with Gasteiger partial charge in [-0.3, -0.25) is 18.7 Å². The molecule has 0 spiro atoms. The van der Waals surface area contributed by atoms with Gasteiger partial charge in [-0.05, 0) is 66.6 Å². The molecule has 0 unspecified atom stereocenters. The summed E-state index contributed by atoms with van der Waals surface area (Å²) in [6.45, 7) is 0.588. The van der Waals surface area contributed by atoms with E-state index in [0.29, 0.717) is 39.7 Å². The average Bonchev–Trinajstić information content (AvgIpc) is 3.28. The number of benzene rings is 3. The van der Waals surface area contributed by atoms with E-state index in [1.165, 1.54) is 10.6 Å². The molecule has 1 amide bonds. The van der Waals surface area contributed by atoms with Crippen molar-refractivity contribution in [2.24, 2.45) is 0 Å². The lowest BCUT2D eigenvalue weighted by atomic mass is 10.0. The van der Waals surface area contributed by atoms with Gasteiger partial charge in [-0.25, -0.2) is 4.79 Å². The quantitative estimate of drug-likeness (QED) is 0.279. The number of halogens is 2. The molecule has 202 valence electrons. The van der Waals surface area contributed by atoms with Gasteiger partial charge in [0, 0.05) is 25.1 Å². The van der Waals surface area contributed by atoms with E-state index >= 15 is 0 Å². The average molecular weight is 575 g/mol. The molecule has 8 nitrogen and oxygen atoms in total. The molecule has 0 saturated carbocycles. The zero-order chi connectivity index (χ0) is 28.4. The molecule has 4 aromatic rings. The molecule has 0 radical (unpaired) electrons. The number of aryl methyl sites for hydroxylation is 1. The van der Waals surface area contributed by atoms with Gasteiger partial charge in [-0.2, -0.15) is 5.26 Å². The molecule has 0 N–H and O–H groups in total. The van der Waals surface area contributed by atoms with Gasteiger partial charge < -0.3 is 9.64 Å². The number of nitriles is 1. The molecule has 5 rings (SSSR count). The molecule has 0 saturated heterocycles. The fraction of sp³-hybridized carbons (Fsp3) is 0.200. The Morgan fingerprint density at radius 1 is 1.00 bits per heavy atom. The van der Waals surface area contributed by atoms with Crippen molar-refractivity contribution in [3.63, 3.8) is 0 Å². The van der Waals surface area contributed by atoms with Crippen molar-refractivity contribution >= 4 is 34.9 Å². The van der Waals surface area contributed by atoms with Crippen LogP contribution in [0, 0.1) is 11.3 Å². The number of carbonyl (C=O) groups is 2. The van der Waals surface area contributed by atoms with Crippen molar-refractivity contribution in [3.8, 4) is 17.5 Å². The maximum atomic E-state index is 13.8. The number of hydrogen-bond donors (Lipinski definition) is 0. The minimum atomic E-state index is -0.350. The number of carbonyl (C=O) groups excluding carboxylic acids is 2. The summed E-state index contributed by atoms with van der Waals surface area (Å²) in [5.74, 6) is 0.0958. The van der Waals surface area contributed by atoms with E-state index in [9.17, 15) is 19.6 Å². The Morgan fingerprint density at radius 2 is 1.77 bits per heavy atom. The molecule has 1 aromatic heterocycles. The second-order valence-electron chi connectivity index (χ2n) is 9.35. The van der Waals surface area contributed by atoms with Crippen molar-refractivity contribution < 1.29 is 14.3 Å². The first-order chi connectivity index (χ1) is 19.3. The molecule has 3 aromatic carbocycles. The van der Waals surface area contributed by atoms with Crippen molar-refractivity contribution in [2.75, 3.05) is 13.7 Å². The number of hydrogen-bond acceptors (Lipinski definition) is 5. The Labute approximate surface area is 240 Å². The lowest BCUT2D eigenvalue weighted by Gasteiger charge is -2.28. The van der Waals surface area contributed by atoms with Crippen LogP contribution >= 0.6 is 23.2 Å². The predicted octanol–water partition coefficient (Wildman–Crippen LogP) is 5.30. The van der Waals surface area contributed by atoms with Gasteiger partial charge in [0.2, 0.25) is 0 Å². The minimum absolute atomic E-state index is 0.0719. The van der Waals surface area contributed by atoms with E-state index in [-0.39, 0.29) is 54.2 Å². The van der Waals surface area contributed by atoms with Crippen LogP contribution in [0.3, 0.4) is 0 Å². The molecule has 0 fully saturated rings. The van der Waals surface area contributed by atoms with E-state index in [1.54, 1.807) is 71.2 Å². The minimum Gasteiger partial charge on any atom is -0.497 e. The smallest absolute Gasteiger partial charge is 0.333 e. The second-order valence-corrected chi connectivity index (χ2v) is 10.2. The van der Waals surface area contributed by atoms with E-state index in [4.69, 9.17) is 27.9 Å². The largest absolute Gasteiger partial charge is 0.497 e. The third kappa shape index (κ3) is 5.26. The summed E-state index contributed by atoms with van der Waals surface area (Å²) >= 11 is 12.2. The van der Waals surface area contributed by atoms with Crippen molar-refractivity contribution in [1.29, 1.82) is 5.26 Å². The van der Waals surface area contributed by atoms with E-state index in [0.717, 1.165) is 5.56 Å². The number of amides is 1. The number of ketones is 1. The van der Waals surface area contributed by atoms with Crippen LogP contribution in [0.4, 0.5) is 0 Å². The number of imidazole rings is 1. The molecule has 10 heteroatoms. The number of nitrogens with zero attached hydrogens (tertiary/aromatic N) is 4. The lowest BCUT2D eigenvalue weighted by molar-refractivity contribution is 0.0707. The topological polar surface area (TPSA) is 97.3 Å². The fourth-order valence-corrected chi connectivity index (χ4v) is 5.17. The van der Waals surface area contributed by atoms with Crippen LogP contribution in [0.25, 0.3) is 5.69 Å². The van der Waals surface area contributed by atoms with Gasteiger partial charge >= 0.3 is 5.69 Å². The van der Waals surface area contributed by atoms with E-state index in [1.807, 2.05) is 6.07 Å². The van der Waals surface area contributed by atoms with Crippen molar-refractivity contribution in [2.45, 2.75) is 25.9 Å². The third-order valence-corrected chi connectivity index (χ3v) is 7.66. The van der Waals surface area contributed by atoms with Gasteiger partial charge in [0.15, 0.2) is 5.78 Å². The van der Waals surface area contributed by atoms with Crippen LogP contribution in [0.15, 0.2) is 71.5 Å². The summed E-state index contributed by atoms with van der Waals surface area (Å²) in [4.78, 5) is 42.4. The highest BCUT2D eigenvalue weighted by Crippen LogP contribution is 2.26. The van der Waals surface area contributed by atoms with Crippen LogP contribution in [0.1, 0.15) is 44.1 Å². The number of Topliss-reactive ketones (excluding diaryl/α,β-unsaturated/α-hetero) is 1. The van der Waals surface area contributed by atoms with Gasteiger partial charge in [0.1, 0.15) is 11.4 Å². The molecule has 0 atom stereocenters. The Hall–Kier alpha value is -4.32. The summed E-state index contributed by atoms with van der Waals surface area (Å²) in [5, 5.41) is 9.83. The lowest BCUT2D eigenvalue weighted by Crippen LogP contribution is -2.41. The van der Waals surface area contributed by atoms with Crippen LogP contribution in [-0.4, -0.2) is 39.4 Å². The monoisotopic (exact) mass is 574 g/mol. The molecular formula is C30H24Cl2N4O4. The SMILES string of the molecule is COc1ccc(-n2c(C(=O)CCc3cccc(C#N)c3)c3n(c2=O)CCN(C(=O)c2ccc(Cl)c(Cl)c2)C3)cc1. The van der Waals surface area contributed by atoms with Gasteiger partial charge in [0.25, 0.3) is 5.91 Å². The Bertz CT molecular complexity index is 1720. The standard InChI is InChI=1S/C30H24Cl2N4O4/c1-40-23-9-7-22(8-10-23)36-28(27(37)12-5-19-3-2-4-20(15-19)17-33)26-18-34(13-14-35(26)30(36)39)29(38)21-6-11-24(31)25(32)16-21/h2-4,6-11,15-16H,5,12-14,18H2,1H3. The van der Waals surface area contributed by atoms with Gasteiger partial charge in [-0.15, -0.1) is 0 Å². The van der Waals surface area contributed by atoms with Gasteiger partial charge in [0.05, 0.1) is 46.7 Å².